The predicted octanol–water partition coefficient (Wildman–Crippen LogP) is 0.632. The van der Waals surface area contributed by atoms with Gasteiger partial charge in [-0.1, -0.05) is 0 Å². The van der Waals surface area contributed by atoms with Gasteiger partial charge in [0.15, 0.2) is 0 Å². The van der Waals surface area contributed by atoms with E-state index in [-0.39, 0.29) is 12.4 Å². The van der Waals surface area contributed by atoms with E-state index in [2.05, 4.69) is 26.2 Å². The van der Waals surface area contributed by atoms with Gasteiger partial charge in [-0.2, -0.15) is 0 Å². The number of nitrogen functional groups attached to an aromatic ring is 1. The monoisotopic (exact) mass is 288 g/mol. The van der Waals surface area contributed by atoms with E-state index in [1.165, 1.54) is 0 Å². The number of aromatic nitrogens is 1. The Morgan fingerprint density at radius 3 is 2.75 bits per heavy atom. The summed E-state index contributed by atoms with van der Waals surface area (Å²) in [5.74, 6) is -0.365. The summed E-state index contributed by atoms with van der Waals surface area (Å²) in [7, 11) is 0. The van der Waals surface area contributed by atoms with Gasteiger partial charge in [0.25, 0.3) is 0 Å². The van der Waals surface area contributed by atoms with E-state index in [0.717, 1.165) is 0 Å². The van der Waals surface area contributed by atoms with E-state index in [1.54, 1.807) is 12.1 Å². The van der Waals surface area contributed by atoms with Crippen molar-refractivity contribution in [1.29, 1.82) is 0 Å². The summed E-state index contributed by atoms with van der Waals surface area (Å²) < 4.78 is 0.548. The molecule has 1 heterocycles. The van der Waals surface area contributed by atoms with Crippen molar-refractivity contribution < 1.29 is 14.7 Å². The summed E-state index contributed by atoms with van der Waals surface area (Å²) in [6, 6.07) is 3.17. The zero-order valence-electron chi connectivity index (χ0n) is 8.03. The molecule has 0 atom stereocenters. The first-order chi connectivity index (χ1) is 7.49. The topological polar surface area (TPSA) is 117 Å². The lowest BCUT2D eigenvalue weighted by Crippen LogP contribution is -2.31. The Bertz CT molecular complexity index is 424. The summed E-state index contributed by atoms with van der Waals surface area (Å²) in [5.41, 5.74) is 5.87. The second-order valence-corrected chi connectivity index (χ2v) is 3.59. The average Bonchev–Trinajstić information content (AvgIpc) is 2.19. The van der Waals surface area contributed by atoms with Crippen LogP contribution in [0.25, 0.3) is 0 Å². The summed E-state index contributed by atoms with van der Waals surface area (Å²) in [5, 5.41) is 12.6. The molecule has 0 radical (unpaired) electrons. The molecule has 0 fully saturated rings. The molecule has 0 aliphatic rings. The number of halogens is 1. The van der Waals surface area contributed by atoms with Gasteiger partial charge in [0.1, 0.15) is 17.0 Å². The molecule has 1 aromatic rings. The van der Waals surface area contributed by atoms with Gasteiger partial charge in [0, 0.05) is 0 Å². The van der Waals surface area contributed by atoms with E-state index in [0.29, 0.717) is 10.3 Å². The van der Waals surface area contributed by atoms with Gasteiger partial charge in [-0.25, -0.2) is 9.78 Å². The first-order valence-corrected chi connectivity index (χ1v) is 4.97. The molecule has 1 aromatic heterocycles. The highest BCUT2D eigenvalue weighted by Gasteiger charge is 2.07. The van der Waals surface area contributed by atoms with Gasteiger partial charge in [-0.3, -0.25) is 4.79 Å². The predicted molar refractivity (Wildman–Crippen MR) is 61.0 cm³/mol. The zero-order valence-corrected chi connectivity index (χ0v) is 9.61. The third-order valence-corrected chi connectivity index (χ3v) is 2.01. The molecule has 2 amide bonds. The van der Waals surface area contributed by atoms with Crippen LogP contribution < -0.4 is 16.4 Å². The Kier molecular flexibility index (Phi) is 4.06. The van der Waals surface area contributed by atoms with Crippen molar-refractivity contribution in [3.8, 4) is 0 Å². The van der Waals surface area contributed by atoms with Crippen molar-refractivity contribution in [1.82, 2.24) is 10.3 Å². The van der Waals surface area contributed by atoms with Crippen molar-refractivity contribution in [2.24, 2.45) is 0 Å². The molecule has 0 spiro atoms. The Balaban J connectivity index is 2.59. The minimum absolute atomic E-state index is 0.151. The number of nitrogens with two attached hydrogens (primary N) is 1. The number of carboxylic acid groups (broad SMARTS) is 1. The number of carbonyl (C=O) groups excluding carboxylic acids is 1. The molecule has 86 valence electrons. The van der Waals surface area contributed by atoms with Crippen LogP contribution in [0.3, 0.4) is 0 Å². The van der Waals surface area contributed by atoms with Crippen molar-refractivity contribution in [3.63, 3.8) is 0 Å². The first kappa shape index (κ1) is 12.2. The fourth-order valence-electron chi connectivity index (χ4n) is 0.906. The third-order valence-electron chi connectivity index (χ3n) is 1.57. The summed E-state index contributed by atoms with van der Waals surface area (Å²) in [6.45, 7) is -0.342. The van der Waals surface area contributed by atoms with E-state index < -0.39 is 12.0 Å². The van der Waals surface area contributed by atoms with Crippen LogP contribution in [0.1, 0.15) is 0 Å². The maximum absolute atomic E-state index is 11.2. The third kappa shape index (κ3) is 3.73. The quantitative estimate of drug-likeness (QED) is 0.609. The number of carbonyl (C=O) groups is 2. The number of pyridine rings is 1. The number of anilines is 2. The second kappa shape index (κ2) is 5.31. The van der Waals surface area contributed by atoms with Crippen LogP contribution in [0.5, 0.6) is 0 Å². The van der Waals surface area contributed by atoms with Gasteiger partial charge in [-0.15, -0.1) is 0 Å². The molecule has 0 aromatic carbocycles. The molecule has 7 nitrogen and oxygen atoms in total. The van der Waals surface area contributed by atoms with Gasteiger partial charge < -0.3 is 21.5 Å². The molecule has 0 bridgehead atoms. The van der Waals surface area contributed by atoms with E-state index in [4.69, 9.17) is 10.8 Å². The highest BCUT2D eigenvalue weighted by atomic mass is 79.9. The summed E-state index contributed by atoms with van der Waals surface area (Å²) >= 11 is 3.12. The Morgan fingerprint density at radius 1 is 1.50 bits per heavy atom. The van der Waals surface area contributed by atoms with Crippen LogP contribution >= 0.6 is 15.9 Å². The van der Waals surface area contributed by atoms with Crippen LogP contribution in [0.4, 0.5) is 16.3 Å². The maximum atomic E-state index is 11.2. The van der Waals surface area contributed by atoms with E-state index in [1.807, 2.05) is 5.32 Å². The molecule has 16 heavy (non-hydrogen) atoms. The van der Waals surface area contributed by atoms with Gasteiger partial charge >= 0.3 is 6.09 Å². The van der Waals surface area contributed by atoms with Gasteiger partial charge in [0.2, 0.25) is 5.91 Å². The number of amides is 2. The number of hydrogen-bond donors (Lipinski definition) is 4. The lowest BCUT2D eigenvalue weighted by atomic mass is 10.4. The summed E-state index contributed by atoms with van der Waals surface area (Å²) in [4.78, 5) is 25.2. The molecule has 0 aliphatic heterocycles. The highest BCUT2D eigenvalue weighted by molar-refractivity contribution is 9.10. The molecule has 0 saturated carbocycles. The van der Waals surface area contributed by atoms with E-state index in [9.17, 15) is 9.59 Å². The van der Waals surface area contributed by atoms with Crippen LogP contribution in [0.15, 0.2) is 16.7 Å². The largest absolute Gasteiger partial charge is 0.465 e. The maximum Gasteiger partial charge on any atom is 0.405 e. The van der Waals surface area contributed by atoms with Crippen LogP contribution in [0.2, 0.25) is 0 Å². The molecule has 8 heteroatoms. The molecule has 0 unspecified atom stereocenters. The SMILES string of the molecule is Nc1nc(Br)ccc1NC(=O)CNC(=O)O. The van der Waals surface area contributed by atoms with E-state index >= 15 is 0 Å². The molecule has 0 saturated heterocycles. The van der Waals surface area contributed by atoms with Crippen molar-refractivity contribution in [3.05, 3.63) is 16.7 Å². The molecular formula is C8H9BrN4O3. The minimum atomic E-state index is -1.27. The van der Waals surface area contributed by atoms with Gasteiger partial charge in [0.05, 0.1) is 5.69 Å². The van der Waals surface area contributed by atoms with Crippen molar-refractivity contribution in [2.45, 2.75) is 0 Å². The molecular weight excluding hydrogens is 280 g/mol. The zero-order chi connectivity index (χ0) is 12.1. The molecule has 1 rings (SSSR count). The number of nitrogens with zero attached hydrogens (tertiary/aromatic N) is 1. The fourth-order valence-corrected chi connectivity index (χ4v) is 1.23. The highest BCUT2D eigenvalue weighted by Crippen LogP contribution is 2.18. The van der Waals surface area contributed by atoms with Gasteiger partial charge in [-0.05, 0) is 28.1 Å². The lowest BCUT2D eigenvalue weighted by Gasteiger charge is -2.07. The molecule has 0 aliphatic carbocycles. The number of nitrogens with one attached hydrogen (secondary N) is 2. The van der Waals surface area contributed by atoms with Crippen LogP contribution in [-0.4, -0.2) is 28.6 Å². The van der Waals surface area contributed by atoms with Crippen LogP contribution in [0, 0.1) is 0 Å². The van der Waals surface area contributed by atoms with Crippen LogP contribution in [-0.2, 0) is 4.79 Å². The average molecular weight is 289 g/mol. The summed E-state index contributed by atoms with van der Waals surface area (Å²) in [6.07, 6.45) is -1.27. The fraction of sp³-hybridized carbons (Fsp3) is 0.125. The second-order valence-electron chi connectivity index (χ2n) is 2.77. The standard InChI is InChI=1S/C8H9BrN4O3/c9-5-2-1-4(7(10)13-5)12-6(14)3-11-8(15)16/h1-2,11H,3H2,(H2,10,13)(H,12,14)(H,15,16). The molecule has 5 N–H and O–H groups in total. The minimum Gasteiger partial charge on any atom is -0.465 e. The first-order valence-electron chi connectivity index (χ1n) is 4.17. The van der Waals surface area contributed by atoms with Crippen molar-refractivity contribution >= 4 is 39.4 Å². The number of hydrogen-bond acceptors (Lipinski definition) is 4. The normalized spacial score (nSPS) is 9.56. The number of rotatable bonds is 3. The van der Waals surface area contributed by atoms with Crippen molar-refractivity contribution in [2.75, 3.05) is 17.6 Å². The Hall–Kier alpha value is -1.83. The Labute approximate surface area is 99.2 Å². The smallest absolute Gasteiger partial charge is 0.405 e. The Morgan fingerprint density at radius 2 is 2.19 bits per heavy atom. The lowest BCUT2D eigenvalue weighted by molar-refractivity contribution is -0.115.